The van der Waals surface area contributed by atoms with Crippen LogP contribution in [0.25, 0.3) is 6.08 Å². The van der Waals surface area contributed by atoms with E-state index in [1.165, 1.54) is 0 Å². The van der Waals surface area contributed by atoms with E-state index in [1.54, 1.807) is 59.8 Å². The van der Waals surface area contributed by atoms with Gasteiger partial charge in [-0.25, -0.2) is 9.59 Å². The lowest BCUT2D eigenvalue weighted by Crippen LogP contribution is -2.29. The van der Waals surface area contributed by atoms with Crippen molar-refractivity contribution in [3.8, 4) is 5.75 Å². The largest absolute Gasteiger partial charge is 0.519 e. The number of ether oxygens (including phenoxy) is 3. The number of rotatable bonds is 1. The van der Waals surface area contributed by atoms with Crippen molar-refractivity contribution in [2.45, 2.75) is 52.7 Å². The van der Waals surface area contributed by atoms with Crippen molar-refractivity contribution < 1.29 is 28.9 Å². The molecule has 1 aromatic rings. The van der Waals surface area contributed by atoms with Crippen LogP contribution in [0.2, 0.25) is 0 Å². The Morgan fingerprint density at radius 2 is 1.29 bits per heavy atom. The SMILES string of the molecule is C=Cc1ccc(O)cc1.CC(C)(C)OC(=O)OC(=O)OC(C)(C)C. The molecule has 0 radical (unpaired) electrons. The van der Waals surface area contributed by atoms with Crippen LogP contribution in [0.5, 0.6) is 5.75 Å². The Morgan fingerprint density at radius 3 is 1.58 bits per heavy atom. The van der Waals surface area contributed by atoms with Gasteiger partial charge in [0.15, 0.2) is 0 Å². The molecule has 0 aliphatic carbocycles. The molecule has 0 fully saturated rings. The van der Waals surface area contributed by atoms with Crippen molar-refractivity contribution in [1.29, 1.82) is 0 Å². The number of hydrogen-bond acceptors (Lipinski definition) is 6. The summed E-state index contributed by atoms with van der Waals surface area (Å²) in [6, 6.07) is 6.89. The van der Waals surface area contributed by atoms with Gasteiger partial charge in [-0.2, -0.15) is 0 Å². The van der Waals surface area contributed by atoms with Crippen molar-refractivity contribution in [2.24, 2.45) is 0 Å². The Balaban J connectivity index is 0.000000496. The number of carbonyl (C=O) groups is 2. The van der Waals surface area contributed by atoms with Gasteiger partial charge in [-0.1, -0.05) is 24.8 Å². The highest BCUT2D eigenvalue weighted by atomic mass is 16.8. The summed E-state index contributed by atoms with van der Waals surface area (Å²) in [6.07, 6.45) is -0.382. The van der Waals surface area contributed by atoms with Crippen LogP contribution < -0.4 is 0 Å². The molecule has 1 rings (SSSR count). The minimum atomic E-state index is -1.06. The van der Waals surface area contributed by atoms with E-state index in [2.05, 4.69) is 11.3 Å². The molecular formula is C18H26O6. The fraction of sp³-hybridized carbons (Fsp3) is 0.444. The summed E-state index contributed by atoms with van der Waals surface area (Å²) in [5.41, 5.74) is -0.370. The predicted octanol–water partition coefficient (Wildman–Crippen LogP) is 4.91. The van der Waals surface area contributed by atoms with Crippen LogP contribution in [0.3, 0.4) is 0 Å². The molecule has 1 aromatic carbocycles. The molecule has 0 aliphatic rings. The molecule has 0 atom stereocenters. The molecule has 0 aromatic heterocycles. The summed E-state index contributed by atoms with van der Waals surface area (Å²) in [7, 11) is 0. The van der Waals surface area contributed by atoms with Gasteiger partial charge in [0.05, 0.1) is 0 Å². The second-order valence-corrected chi connectivity index (χ2v) is 6.83. The van der Waals surface area contributed by atoms with Gasteiger partial charge in [0, 0.05) is 0 Å². The monoisotopic (exact) mass is 338 g/mol. The van der Waals surface area contributed by atoms with Gasteiger partial charge in [0.25, 0.3) is 0 Å². The third kappa shape index (κ3) is 12.1. The first-order valence-electron chi connectivity index (χ1n) is 7.37. The molecule has 0 saturated carbocycles. The molecule has 0 heterocycles. The molecule has 6 heteroatoms. The summed E-state index contributed by atoms with van der Waals surface area (Å²) in [5, 5.41) is 8.82. The molecule has 0 bridgehead atoms. The standard InChI is InChI=1S/C10H18O5.C8H8O/c1-9(2,3)14-7(11)13-8(12)15-10(4,5)6;1-2-7-3-5-8(9)6-4-7/h1-6H3;2-6,9H,1H2. The molecule has 0 saturated heterocycles. The van der Waals surface area contributed by atoms with E-state index in [-0.39, 0.29) is 0 Å². The Morgan fingerprint density at radius 1 is 0.917 bits per heavy atom. The fourth-order valence-electron chi connectivity index (χ4n) is 1.22. The number of aromatic hydroxyl groups is 1. The Kier molecular flexibility index (Phi) is 8.02. The molecule has 24 heavy (non-hydrogen) atoms. The quantitative estimate of drug-likeness (QED) is 0.579. The summed E-state index contributed by atoms with van der Waals surface area (Å²) >= 11 is 0. The Hall–Kier alpha value is -2.50. The Labute approximate surface area is 143 Å². The molecule has 1 N–H and O–H groups in total. The average Bonchev–Trinajstić information content (AvgIpc) is 2.35. The second kappa shape index (κ2) is 8.96. The molecule has 0 amide bonds. The summed E-state index contributed by atoms with van der Waals surface area (Å²) in [5.74, 6) is 0.292. The van der Waals surface area contributed by atoms with E-state index in [4.69, 9.17) is 14.6 Å². The lowest BCUT2D eigenvalue weighted by atomic mass is 10.2. The number of benzene rings is 1. The zero-order chi connectivity index (χ0) is 19.0. The minimum absolute atomic E-state index is 0.292. The maximum Gasteiger partial charge on any atom is 0.519 e. The third-order valence-corrected chi connectivity index (χ3v) is 2.07. The molecule has 0 spiro atoms. The summed E-state index contributed by atoms with van der Waals surface area (Å²) in [6.45, 7) is 13.6. The van der Waals surface area contributed by atoms with Crippen LogP contribution in [0.1, 0.15) is 47.1 Å². The Bertz CT molecular complexity index is 520. The number of phenols is 1. The zero-order valence-corrected chi connectivity index (χ0v) is 15.1. The van der Waals surface area contributed by atoms with E-state index in [1.807, 2.05) is 12.1 Å². The second-order valence-electron chi connectivity index (χ2n) is 6.83. The van der Waals surface area contributed by atoms with Crippen molar-refractivity contribution in [3.63, 3.8) is 0 Å². The van der Waals surface area contributed by atoms with Gasteiger partial charge >= 0.3 is 12.3 Å². The van der Waals surface area contributed by atoms with Crippen molar-refractivity contribution in [1.82, 2.24) is 0 Å². The van der Waals surface area contributed by atoms with Crippen LogP contribution >= 0.6 is 0 Å². The smallest absolute Gasteiger partial charge is 0.508 e. The lowest BCUT2D eigenvalue weighted by molar-refractivity contribution is -0.0293. The molecular weight excluding hydrogens is 312 g/mol. The minimum Gasteiger partial charge on any atom is -0.508 e. The fourth-order valence-corrected chi connectivity index (χ4v) is 1.22. The highest BCUT2D eigenvalue weighted by Crippen LogP contribution is 2.11. The van der Waals surface area contributed by atoms with E-state index in [9.17, 15) is 9.59 Å². The number of phenolic OH excluding ortho intramolecular Hbond substituents is 1. The highest BCUT2D eigenvalue weighted by Gasteiger charge is 2.24. The van der Waals surface area contributed by atoms with Gasteiger partial charge in [0.2, 0.25) is 0 Å². The van der Waals surface area contributed by atoms with E-state index < -0.39 is 23.5 Å². The van der Waals surface area contributed by atoms with Gasteiger partial charge in [-0.05, 0) is 59.2 Å². The van der Waals surface area contributed by atoms with Crippen LogP contribution in [-0.2, 0) is 14.2 Å². The molecule has 134 valence electrons. The maximum absolute atomic E-state index is 11.0. The topological polar surface area (TPSA) is 82.1 Å². The number of hydrogen-bond donors (Lipinski definition) is 1. The van der Waals surface area contributed by atoms with Crippen LogP contribution in [0.4, 0.5) is 9.59 Å². The van der Waals surface area contributed by atoms with Crippen LogP contribution in [-0.4, -0.2) is 28.6 Å². The average molecular weight is 338 g/mol. The van der Waals surface area contributed by atoms with Gasteiger partial charge in [-0.15, -0.1) is 0 Å². The van der Waals surface area contributed by atoms with Crippen molar-refractivity contribution in [2.75, 3.05) is 0 Å². The zero-order valence-electron chi connectivity index (χ0n) is 15.1. The van der Waals surface area contributed by atoms with Crippen molar-refractivity contribution in [3.05, 3.63) is 36.4 Å². The van der Waals surface area contributed by atoms with Gasteiger partial charge in [-0.3, -0.25) is 0 Å². The van der Waals surface area contributed by atoms with Crippen LogP contribution in [0.15, 0.2) is 30.8 Å². The van der Waals surface area contributed by atoms with E-state index in [0.29, 0.717) is 5.75 Å². The van der Waals surface area contributed by atoms with Crippen LogP contribution in [0, 0.1) is 0 Å². The van der Waals surface area contributed by atoms with Gasteiger partial charge in [0.1, 0.15) is 17.0 Å². The molecule has 6 nitrogen and oxygen atoms in total. The molecule has 0 unspecified atom stereocenters. The number of carbonyl (C=O) groups excluding carboxylic acids is 2. The molecule has 0 aliphatic heterocycles. The summed E-state index contributed by atoms with van der Waals surface area (Å²) < 4.78 is 13.8. The summed E-state index contributed by atoms with van der Waals surface area (Å²) in [4.78, 5) is 22.0. The van der Waals surface area contributed by atoms with E-state index >= 15 is 0 Å². The van der Waals surface area contributed by atoms with Crippen molar-refractivity contribution >= 4 is 18.4 Å². The maximum atomic E-state index is 11.0. The third-order valence-electron chi connectivity index (χ3n) is 2.07. The van der Waals surface area contributed by atoms with E-state index in [0.717, 1.165) is 5.56 Å². The first kappa shape index (κ1) is 21.5. The first-order chi connectivity index (χ1) is 10.8. The van der Waals surface area contributed by atoms with Gasteiger partial charge < -0.3 is 19.3 Å². The first-order valence-corrected chi connectivity index (χ1v) is 7.37. The highest BCUT2D eigenvalue weighted by molar-refractivity contribution is 5.77. The normalized spacial score (nSPS) is 10.8. The lowest BCUT2D eigenvalue weighted by Gasteiger charge is -2.20. The predicted molar refractivity (Wildman–Crippen MR) is 91.8 cm³/mol.